The van der Waals surface area contributed by atoms with Gasteiger partial charge in [0.05, 0.1) is 12.5 Å². The van der Waals surface area contributed by atoms with Crippen LogP contribution in [0, 0.1) is 5.92 Å². The minimum atomic E-state index is -0.724. The molecule has 1 rings (SSSR count). The average molecular weight is 156 g/mol. The molecule has 1 atom stereocenters. The summed E-state index contributed by atoms with van der Waals surface area (Å²) in [5.74, 6) is -0.955. The zero-order valence-corrected chi connectivity index (χ0v) is 6.29. The number of carboxylic acids is 1. The van der Waals surface area contributed by atoms with Gasteiger partial charge in [0.1, 0.15) is 0 Å². The van der Waals surface area contributed by atoms with E-state index < -0.39 is 5.97 Å². The number of carbonyl (C=O) groups is 1. The van der Waals surface area contributed by atoms with Crippen LogP contribution in [0.15, 0.2) is 11.6 Å². The molecule has 1 aliphatic carbocycles. The molecule has 3 heteroatoms. The van der Waals surface area contributed by atoms with E-state index in [4.69, 9.17) is 10.2 Å². The van der Waals surface area contributed by atoms with Crippen LogP contribution in [0.3, 0.4) is 0 Å². The molecule has 0 saturated carbocycles. The van der Waals surface area contributed by atoms with Crippen LogP contribution in [0.2, 0.25) is 0 Å². The lowest BCUT2D eigenvalue weighted by atomic mass is 9.90. The fourth-order valence-corrected chi connectivity index (χ4v) is 1.26. The van der Waals surface area contributed by atoms with Gasteiger partial charge in [-0.1, -0.05) is 6.08 Å². The van der Waals surface area contributed by atoms with Crippen molar-refractivity contribution in [2.75, 3.05) is 6.61 Å². The van der Waals surface area contributed by atoms with Gasteiger partial charge in [0, 0.05) is 0 Å². The molecule has 0 aromatic carbocycles. The molecule has 0 aromatic rings. The molecule has 0 aliphatic heterocycles. The van der Waals surface area contributed by atoms with E-state index in [0.717, 1.165) is 12.0 Å². The maximum absolute atomic E-state index is 10.5. The Balaban J connectivity index is 2.47. The molecule has 0 heterocycles. The van der Waals surface area contributed by atoms with Crippen molar-refractivity contribution < 1.29 is 15.0 Å². The molecular formula is C8H12O3. The maximum atomic E-state index is 10.5. The quantitative estimate of drug-likeness (QED) is 0.581. The molecule has 0 radical (unpaired) electrons. The van der Waals surface area contributed by atoms with Crippen LogP contribution in [0.5, 0.6) is 0 Å². The van der Waals surface area contributed by atoms with Crippen molar-refractivity contribution in [3.05, 3.63) is 11.6 Å². The van der Waals surface area contributed by atoms with E-state index in [9.17, 15) is 4.79 Å². The first-order valence-electron chi connectivity index (χ1n) is 3.75. The van der Waals surface area contributed by atoms with E-state index >= 15 is 0 Å². The van der Waals surface area contributed by atoms with Gasteiger partial charge < -0.3 is 10.2 Å². The lowest BCUT2D eigenvalue weighted by molar-refractivity contribution is -0.141. The van der Waals surface area contributed by atoms with Crippen molar-refractivity contribution in [3.8, 4) is 0 Å². The van der Waals surface area contributed by atoms with Gasteiger partial charge in [-0.25, -0.2) is 0 Å². The Morgan fingerprint density at radius 1 is 1.73 bits per heavy atom. The highest BCUT2D eigenvalue weighted by atomic mass is 16.4. The van der Waals surface area contributed by atoms with Crippen LogP contribution in [-0.2, 0) is 4.79 Å². The highest BCUT2D eigenvalue weighted by Crippen LogP contribution is 2.22. The van der Waals surface area contributed by atoms with Crippen LogP contribution in [0.1, 0.15) is 19.3 Å². The number of carboxylic acid groups (broad SMARTS) is 1. The number of hydrogen-bond acceptors (Lipinski definition) is 2. The van der Waals surface area contributed by atoms with Crippen LogP contribution >= 0.6 is 0 Å². The van der Waals surface area contributed by atoms with Crippen molar-refractivity contribution in [2.24, 2.45) is 5.92 Å². The molecule has 0 aromatic heterocycles. The third kappa shape index (κ3) is 2.05. The third-order valence-electron chi connectivity index (χ3n) is 2.06. The number of aliphatic hydroxyl groups is 1. The SMILES string of the molecule is O=C(O)C1CC=C(CO)CC1. The first kappa shape index (κ1) is 8.27. The summed E-state index contributed by atoms with van der Waals surface area (Å²) in [7, 11) is 0. The van der Waals surface area contributed by atoms with Crippen LogP contribution in [0.4, 0.5) is 0 Å². The smallest absolute Gasteiger partial charge is 0.306 e. The molecule has 0 spiro atoms. The second-order valence-electron chi connectivity index (χ2n) is 2.83. The predicted octanol–water partition coefficient (Wildman–Crippen LogP) is 0.790. The minimum absolute atomic E-state index is 0.0757. The molecule has 11 heavy (non-hydrogen) atoms. The number of aliphatic carboxylic acids is 1. The summed E-state index contributed by atoms with van der Waals surface area (Å²) >= 11 is 0. The second-order valence-corrected chi connectivity index (χ2v) is 2.83. The van der Waals surface area contributed by atoms with E-state index in [-0.39, 0.29) is 12.5 Å². The van der Waals surface area contributed by atoms with E-state index in [1.54, 1.807) is 0 Å². The van der Waals surface area contributed by atoms with E-state index in [0.29, 0.717) is 12.8 Å². The Bertz CT molecular complexity index is 184. The molecule has 1 unspecified atom stereocenters. The Labute approximate surface area is 65.3 Å². The molecule has 0 fully saturated rings. The fourth-order valence-electron chi connectivity index (χ4n) is 1.26. The lowest BCUT2D eigenvalue weighted by Crippen LogP contribution is -2.16. The zero-order chi connectivity index (χ0) is 8.27. The maximum Gasteiger partial charge on any atom is 0.306 e. The first-order chi connectivity index (χ1) is 5.24. The fraction of sp³-hybridized carbons (Fsp3) is 0.625. The van der Waals surface area contributed by atoms with Gasteiger partial charge >= 0.3 is 5.97 Å². The van der Waals surface area contributed by atoms with Gasteiger partial charge in [-0.3, -0.25) is 4.79 Å². The normalized spacial score (nSPS) is 24.5. The molecule has 2 N–H and O–H groups in total. The van der Waals surface area contributed by atoms with Gasteiger partial charge in [-0.2, -0.15) is 0 Å². The second kappa shape index (κ2) is 3.53. The van der Waals surface area contributed by atoms with Gasteiger partial charge in [-0.05, 0) is 24.8 Å². The largest absolute Gasteiger partial charge is 0.481 e. The van der Waals surface area contributed by atoms with Crippen LogP contribution < -0.4 is 0 Å². The van der Waals surface area contributed by atoms with Crippen molar-refractivity contribution in [3.63, 3.8) is 0 Å². The number of allylic oxidation sites excluding steroid dienone is 1. The highest BCUT2D eigenvalue weighted by Gasteiger charge is 2.19. The zero-order valence-electron chi connectivity index (χ0n) is 6.29. The number of rotatable bonds is 2. The number of aliphatic hydroxyl groups excluding tert-OH is 1. The topological polar surface area (TPSA) is 57.5 Å². The molecule has 0 saturated heterocycles. The molecule has 1 aliphatic rings. The molecule has 62 valence electrons. The van der Waals surface area contributed by atoms with Gasteiger partial charge in [0.25, 0.3) is 0 Å². The summed E-state index contributed by atoms with van der Waals surface area (Å²) in [6.45, 7) is 0.0757. The van der Waals surface area contributed by atoms with E-state index in [1.165, 1.54) is 0 Å². The monoisotopic (exact) mass is 156 g/mol. The summed E-state index contributed by atoms with van der Waals surface area (Å²) in [6.07, 6.45) is 3.81. The number of hydrogen-bond donors (Lipinski definition) is 2. The molecular weight excluding hydrogens is 144 g/mol. The Hall–Kier alpha value is -0.830. The first-order valence-corrected chi connectivity index (χ1v) is 3.75. The summed E-state index contributed by atoms with van der Waals surface area (Å²) < 4.78 is 0. The van der Waals surface area contributed by atoms with Crippen molar-refractivity contribution in [1.29, 1.82) is 0 Å². The lowest BCUT2D eigenvalue weighted by Gasteiger charge is -2.16. The molecule has 3 nitrogen and oxygen atoms in total. The van der Waals surface area contributed by atoms with Gasteiger partial charge in [0.15, 0.2) is 0 Å². The summed E-state index contributed by atoms with van der Waals surface area (Å²) in [6, 6.07) is 0. The Morgan fingerprint density at radius 3 is 2.82 bits per heavy atom. The average Bonchev–Trinajstić information content (AvgIpc) is 2.05. The molecule has 0 bridgehead atoms. The Kier molecular flexibility index (Phi) is 2.65. The predicted molar refractivity (Wildman–Crippen MR) is 40.1 cm³/mol. The molecule has 0 amide bonds. The van der Waals surface area contributed by atoms with E-state index in [2.05, 4.69) is 0 Å². The van der Waals surface area contributed by atoms with Gasteiger partial charge in [-0.15, -0.1) is 0 Å². The minimum Gasteiger partial charge on any atom is -0.481 e. The van der Waals surface area contributed by atoms with Crippen molar-refractivity contribution in [2.45, 2.75) is 19.3 Å². The standard InChI is InChI=1S/C8H12O3/c9-5-6-1-3-7(4-2-6)8(10)11/h1,7,9H,2-5H2,(H,10,11). The van der Waals surface area contributed by atoms with Crippen molar-refractivity contribution in [1.82, 2.24) is 0 Å². The third-order valence-corrected chi connectivity index (χ3v) is 2.06. The van der Waals surface area contributed by atoms with Crippen LogP contribution in [-0.4, -0.2) is 22.8 Å². The Morgan fingerprint density at radius 2 is 2.45 bits per heavy atom. The van der Waals surface area contributed by atoms with E-state index in [1.807, 2.05) is 6.08 Å². The highest BCUT2D eigenvalue weighted by molar-refractivity contribution is 5.70. The van der Waals surface area contributed by atoms with Crippen molar-refractivity contribution >= 4 is 5.97 Å². The van der Waals surface area contributed by atoms with Crippen LogP contribution in [0.25, 0.3) is 0 Å². The summed E-state index contributed by atoms with van der Waals surface area (Å²) in [5.41, 5.74) is 0.975. The summed E-state index contributed by atoms with van der Waals surface area (Å²) in [5, 5.41) is 17.3. The van der Waals surface area contributed by atoms with Gasteiger partial charge in [0.2, 0.25) is 0 Å². The summed E-state index contributed by atoms with van der Waals surface area (Å²) in [4.78, 5) is 10.5.